The van der Waals surface area contributed by atoms with E-state index in [0.29, 0.717) is 0 Å². The van der Waals surface area contributed by atoms with Gasteiger partial charge in [0.05, 0.1) is 3.57 Å². The Bertz CT molecular complexity index is 249. The van der Waals surface area contributed by atoms with Crippen LogP contribution in [0.5, 0.6) is 0 Å². The van der Waals surface area contributed by atoms with Gasteiger partial charge in [-0.3, -0.25) is 4.79 Å². The molecule has 0 unspecified atom stereocenters. The van der Waals surface area contributed by atoms with E-state index in [-0.39, 0.29) is 5.91 Å². The number of hydrogen-bond acceptors (Lipinski definition) is 2. The minimum Gasteiger partial charge on any atom is -0.273 e. The second-order valence-corrected chi connectivity index (χ2v) is 3.92. The normalized spacial score (nSPS) is 9.90. The average molecular weight is 362 g/mol. The Hall–Kier alpha value is 0.340. The van der Waals surface area contributed by atoms with Crippen LogP contribution in [-0.2, 0) is 0 Å². The van der Waals surface area contributed by atoms with Crippen molar-refractivity contribution in [1.29, 1.82) is 0 Å². The van der Waals surface area contributed by atoms with Crippen LogP contribution in [0.2, 0.25) is 0 Å². The molecule has 0 amide bonds. The van der Waals surface area contributed by atoms with E-state index < -0.39 is 0 Å². The second-order valence-electron chi connectivity index (χ2n) is 1.73. The summed E-state index contributed by atoms with van der Waals surface area (Å²) in [5.41, 5.74) is 0. The van der Waals surface area contributed by atoms with Crippen LogP contribution in [-0.4, -0.2) is 15.7 Å². The molecule has 1 rings (SSSR count). The van der Waals surface area contributed by atoms with Gasteiger partial charge in [-0.1, -0.05) is 0 Å². The minimum atomic E-state index is -0.0548. The summed E-state index contributed by atoms with van der Waals surface area (Å²) in [7, 11) is 0. The molecule has 0 radical (unpaired) electrons. The van der Waals surface area contributed by atoms with Crippen LogP contribution in [0.25, 0.3) is 0 Å². The highest BCUT2D eigenvalue weighted by atomic mass is 127. The van der Waals surface area contributed by atoms with Gasteiger partial charge in [0.1, 0.15) is 3.70 Å². The molecule has 0 fully saturated rings. The lowest BCUT2D eigenvalue weighted by Gasteiger charge is -1.87. The van der Waals surface area contributed by atoms with E-state index in [4.69, 9.17) is 0 Å². The summed E-state index contributed by atoms with van der Waals surface area (Å²) in [5.74, 6) is -0.0548. The van der Waals surface area contributed by atoms with Gasteiger partial charge in [0.25, 0.3) is 0 Å². The van der Waals surface area contributed by atoms with E-state index in [1.165, 1.54) is 11.6 Å². The number of halogens is 2. The van der Waals surface area contributed by atoms with Gasteiger partial charge in [-0.15, -0.1) is 0 Å². The molecule has 0 aromatic carbocycles. The van der Waals surface area contributed by atoms with Crippen molar-refractivity contribution in [1.82, 2.24) is 9.78 Å². The molecule has 0 aliphatic carbocycles. The summed E-state index contributed by atoms with van der Waals surface area (Å²) in [5, 5.41) is 3.96. The smallest absolute Gasteiger partial charge is 0.243 e. The van der Waals surface area contributed by atoms with E-state index >= 15 is 0 Å². The van der Waals surface area contributed by atoms with Gasteiger partial charge in [-0.05, 0) is 45.2 Å². The predicted octanol–water partition coefficient (Wildman–Crippen LogP) is 1.75. The average Bonchev–Trinajstić information content (AvgIpc) is 2.13. The molecule has 1 aromatic heterocycles. The van der Waals surface area contributed by atoms with Crippen molar-refractivity contribution in [3.63, 3.8) is 0 Å². The maximum atomic E-state index is 10.7. The summed E-state index contributed by atoms with van der Waals surface area (Å²) < 4.78 is 3.21. The van der Waals surface area contributed by atoms with Crippen molar-refractivity contribution in [2.45, 2.75) is 6.92 Å². The molecule has 0 spiro atoms. The number of nitrogens with zero attached hydrogens (tertiary/aromatic N) is 2. The monoisotopic (exact) mass is 362 g/mol. The lowest BCUT2D eigenvalue weighted by molar-refractivity contribution is 0.0920. The van der Waals surface area contributed by atoms with Gasteiger partial charge in [-0.2, -0.15) is 5.10 Å². The quantitative estimate of drug-likeness (QED) is 0.660. The van der Waals surface area contributed by atoms with Crippen molar-refractivity contribution in [2.75, 3.05) is 0 Å². The lowest BCUT2D eigenvalue weighted by atomic mass is 10.7. The number of aromatic nitrogens is 2. The molecule has 5 heteroatoms. The van der Waals surface area contributed by atoms with Gasteiger partial charge in [0.2, 0.25) is 5.91 Å². The lowest BCUT2D eigenvalue weighted by Crippen LogP contribution is -2.05. The molecule has 0 saturated heterocycles. The standard InChI is InChI=1S/C5H4I2N2O/c1-3(10)9-2-4(6)5(7)8-9/h2H,1H3. The molecule has 0 atom stereocenters. The van der Waals surface area contributed by atoms with Crippen LogP contribution in [0.15, 0.2) is 6.20 Å². The number of carbonyl (C=O) groups excluding carboxylic acids is 1. The van der Waals surface area contributed by atoms with Crippen LogP contribution >= 0.6 is 45.2 Å². The van der Waals surface area contributed by atoms with Gasteiger partial charge in [0, 0.05) is 13.1 Å². The van der Waals surface area contributed by atoms with E-state index in [2.05, 4.69) is 50.3 Å². The molecule has 0 saturated carbocycles. The summed E-state index contributed by atoms with van der Waals surface area (Å²) in [6.45, 7) is 1.49. The third kappa shape index (κ3) is 1.68. The summed E-state index contributed by atoms with van der Waals surface area (Å²) in [6.07, 6.45) is 1.71. The molecular weight excluding hydrogens is 358 g/mol. The van der Waals surface area contributed by atoms with Crippen molar-refractivity contribution in [3.8, 4) is 0 Å². The van der Waals surface area contributed by atoms with Crippen LogP contribution in [0.1, 0.15) is 11.7 Å². The third-order valence-electron chi connectivity index (χ3n) is 0.951. The SMILES string of the molecule is CC(=O)n1cc(I)c(I)n1. The Morgan fingerprint density at radius 3 is 2.50 bits per heavy atom. The van der Waals surface area contributed by atoms with Crippen molar-refractivity contribution < 1.29 is 4.79 Å². The fraction of sp³-hybridized carbons (Fsp3) is 0.200. The zero-order valence-corrected chi connectivity index (χ0v) is 9.45. The topological polar surface area (TPSA) is 34.9 Å². The number of hydrogen-bond donors (Lipinski definition) is 0. The molecule has 10 heavy (non-hydrogen) atoms. The van der Waals surface area contributed by atoms with Gasteiger partial charge < -0.3 is 0 Å². The minimum absolute atomic E-state index is 0.0548. The molecule has 0 N–H and O–H groups in total. The number of carbonyl (C=O) groups is 1. The second kappa shape index (κ2) is 3.16. The molecule has 1 aromatic rings. The highest BCUT2D eigenvalue weighted by molar-refractivity contribution is 14.1. The maximum absolute atomic E-state index is 10.7. The number of rotatable bonds is 0. The van der Waals surface area contributed by atoms with Gasteiger partial charge in [-0.25, -0.2) is 4.68 Å². The molecule has 0 aliphatic rings. The first kappa shape index (κ1) is 8.44. The highest BCUT2D eigenvalue weighted by Crippen LogP contribution is 2.11. The van der Waals surface area contributed by atoms with Crippen molar-refractivity contribution in [3.05, 3.63) is 13.5 Å². The first-order chi connectivity index (χ1) is 4.61. The van der Waals surface area contributed by atoms with Crippen LogP contribution < -0.4 is 0 Å². The van der Waals surface area contributed by atoms with E-state index in [9.17, 15) is 4.79 Å². The molecule has 0 bridgehead atoms. The van der Waals surface area contributed by atoms with E-state index in [0.717, 1.165) is 7.27 Å². The van der Waals surface area contributed by atoms with Crippen molar-refractivity contribution in [2.24, 2.45) is 0 Å². The van der Waals surface area contributed by atoms with Gasteiger partial charge >= 0.3 is 0 Å². The molecule has 54 valence electrons. The molecule has 3 nitrogen and oxygen atoms in total. The fourth-order valence-corrected chi connectivity index (χ4v) is 1.24. The molecular formula is C5H4I2N2O. The van der Waals surface area contributed by atoms with Crippen molar-refractivity contribution >= 4 is 51.1 Å². The highest BCUT2D eigenvalue weighted by Gasteiger charge is 2.04. The van der Waals surface area contributed by atoms with Crippen LogP contribution in [0, 0.1) is 7.27 Å². The van der Waals surface area contributed by atoms with Gasteiger partial charge in [0.15, 0.2) is 0 Å². The van der Waals surface area contributed by atoms with Crippen LogP contribution in [0.4, 0.5) is 0 Å². The largest absolute Gasteiger partial charge is 0.273 e. The Balaban J connectivity index is 3.10. The first-order valence-electron chi connectivity index (χ1n) is 2.53. The summed E-state index contributed by atoms with van der Waals surface area (Å²) in [6, 6.07) is 0. The first-order valence-corrected chi connectivity index (χ1v) is 4.68. The van der Waals surface area contributed by atoms with Crippen LogP contribution in [0.3, 0.4) is 0 Å². The Kier molecular flexibility index (Phi) is 2.67. The van der Waals surface area contributed by atoms with E-state index in [1.807, 2.05) is 0 Å². The molecule has 1 heterocycles. The predicted molar refractivity (Wildman–Crippen MR) is 54.0 cm³/mol. The molecule has 0 aliphatic heterocycles. The third-order valence-corrected chi connectivity index (χ3v) is 3.57. The Morgan fingerprint density at radius 2 is 2.30 bits per heavy atom. The zero-order chi connectivity index (χ0) is 7.72. The summed E-state index contributed by atoms with van der Waals surface area (Å²) in [4.78, 5) is 10.7. The summed E-state index contributed by atoms with van der Waals surface area (Å²) >= 11 is 4.22. The zero-order valence-electron chi connectivity index (χ0n) is 5.14. The Labute approximate surface area is 85.5 Å². The fourth-order valence-electron chi connectivity index (χ4n) is 0.493. The Morgan fingerprint density at radius 1 is 1.70 bits per heavy atom. The van der Waals surface area contributed by atoms with E-state index in [1.54, 1.807) is 6.20 Å². The maximum Gasteiger partial charge on any atom is 0.243 e.